The first-order chi connectivity index (χ1) is 9.19. The molecule has 1 aromatic carbocycles. The van der Waals surface area contributed by atoms with Crippen LogP contribution in [0.2, 0.25) is 0 Å². The summed E-state index contributed by atoms with van der Waals surface area (Å²) >= 11 is 1.30. The number of nitrogen functional groups attached to an aromatic ring is 1. The maximum Gasteiger partial charge on any atom is 0.262 e. The zero-order valence-electron chi connectivity index (χ0n) is 9.92. The Bertz CT molecular complexity index is 614. The highest BCUT2D eigenvalue weighted by molar-refractivity contribution is 7.14. The number of thiophene rings is 1. The molecule has 0 saturated carbocycles. The van der Waals surface area contributed by atoms with Gasteiger partial charge in [0.2, 0.25) is 0 Å². The fourth-order valence-electron chi connectivity index (χ4n) is 1.37. The Morgan fingerprint density at radius 1 is 1.37 bits per heavy atom. The van der Waals surface area contributed by atoms with Crippen LogP contribution >= 0.6 is 11.3 Å². The number of nitriles is 1. The minimum Gasteiger partial charge on any atom is -0.484 e. The van der Waals surface area contributed by atoms with Crippen LogP contribution in [-0.2, 0) is 4.79 Å². The number of anilines is 2. The maximum absolute atomic E-state index is 11.7. The van der Waals surface area contributed by atoms with Crippen molar-refractivity contribution < 1.29 is 9.53 Å². The van der Waals surface area contributed by atoms with E-state index in [1.54, 1.807) is 35.7 Å². The Morgan fingerprint density at radius 2 is 2.11 bits per heavy atom. The van der Waals surface area contributed by atoms with Crippen LogP contribution in [-0.4, -0.2) is 12.5 Å². The van der Waals surface area contributed by atoms with Gasteiger partial charge in [0.25, 0.3) is 5.91 Å². The van der Waals surface area contributed by atoms with Gasteiger partial charge in [-0.1, -0.05) is 0 Å². The van der Waals surface area contributed by atoms with E-state index in [-0.39, 0.29) is 12.5 Å². The largest absolute Gasteiger partial charge is 0.484 e. The number of nitrogens with zero attached hydrogens (tertiary/aromatic N) is 1. The highest BCUT2D eigenvalue weighted by Crippen LogP contribution is 2.22. The Morgan fingerprint density at radius 3 is 2.79 bits per heavy atom. The van der Waals surface area contributed by atoms with Crippen LogP contribution in [0, 0.1) is 11.3 Å². The van der Waals surface area contributed by atoms with Crippen LogP contribution in [0.1, 0.15) is 5.56 Å². The van der Waals surface area contributed by atoms with Gasteiger partial charge in [-0.25, -0.2) is 0 Å². The van der Waals surface area contributed by atoms with Gasteiger partial charge >= 0.3 is 0 Å². The van der Waals surface area contributed by atoms with E-state index in [9.17, 15) is 4.79 Å². The number of benzene rings is 1. The van der Waals surface area contributed by atoms with Gasteiger partial charge in [-0.05, 0) is 35.7 Å². The molecule has 0 aliphatic heterocycles. The van der Waals surface area contributed by atoms with Crippen molar-refractivity contribution in [2.45, 2.75) is 0 Å². The lowest BCUT2D eigenvalue weighted by molar-refractivity contribution is -0.118. The van der Waals surface area contributed by atoms with Crippen molar-refractivity contribution in [2.24, 2.45) is 0 Å². The normalized spacial score (nSPS) is 9.63. The van der Waals surface area contributed by atoms with E-state index >= 15 is 0 Å². The number of carbonyl (C=O) groups is 1. The Labute approximate surface area is 114 Å². The SMILES string of the molecule is N#Cc1ccsc1NC(=O)COc1ccc(N)cc1. The quantitative estimate of drug-likeness (QED) is 0.836. The summed E-state index contributed by atoms with van der Waals surface area (Å²) in [6.45, 7) is -0.118. The van der Waals surface area contributed by atoms with Crippen molar-refractivity contribution in [1.29, 1.82) is 5.26 Å². The van der Waals surface area contributed by atoms with E-state index in [0.29, 0.717) is 22.0 Å². The van der Waals surface area contributed by atoms with Gasteiger partial charge in [-0.15, -0.1) is 11.3 Å². The highest BCUT2D eigenvalue weighted by Gasteiger charge is 2.08. The van der Waals surface area contributed by atoms with Crippen molar-refractivity contribution >= 4 is 27.9 Å². The maximum atomic E-state index is 11.7. The van der Waals surface area contributed by atoms with E-state index in [4.69, 9.17) is 15.7 Å². The second kappa shape index (κ2) is 5.89. The fraction of sp³-hybridized carbons (Fsp3) is 0.0769. The molecule has 0 saturated heterocycles. The summed E-state index contributed by atoms with van der Waals surface area (Å²) in [5.74, 6) is 0.256. The molecule has 2 rings (SSSR count). The first kappa shape index (κ1) is 12.9. The van der Waals surface area contributed by atoms with Crippen molar-refractivity contribution in [1.82, 2.24) is 0 Å². The molecule has 0 bridgehead atoms. The van der Waals surface area contributed by atoms with Crippen LogP contribution in [0.5, 0.6) is 5.75 Å². The van der Waals surface area contributed by atoms with Gasteiger partial charge in [-0.3, -0.25) is 4.79 Å². The predicted molar refractivity (Wildman–Crippen MR) is 74.0 cm³/mol. The molecule has 5 nitrogen and oxygen atoms in total. The highest BCUT2D eigenvalue weighted by atomic mass is 32.1. The third kappa shape index (κ3) is 3.47. The standard InChI is InChI=1S/C13H11N3O2S/c14-7-9-5-6-19-13(9)16-12(17)8-18-11-3-1-10(15)2-4-11/h1-6H,8,15H2,(H,16,17). The molecule has 1 amide bonds. The minimum atomic E-state index is -0.309. The number of nitrogens with two attached hydrogens (primary N) is 1. The third-order valence-electron chi connectivity index (χ3n) is 2.29. The molecule has 0 fully saturated rings. The molecule has 0 aliphatic rings. The van der Waals surface area contributed by atoms with Crippen LogP contribution in [0.4, 0.5) is 10.7 Å². The van der Waals surface area contributed by atoms with Crippen molar-refractivity contribution in [3.63, 3.8) is 0 Å². The Hall–Kier alpha value is -2.52. The summed E-state index contributed by atoms with van der Waals surface area (Å²) in [5, 5.41) is 13.7. The first-order valence-corrected chi connectivity index (χ1v) is 6.33. The van der Waals surface area contributed by atoms with Crippen molar-refractivity contribution in [3.8, 4) is 11.8 Å². The first-order valence-electron chi connectivity index (χ1n) is 5.45. The van der Waals surface area contributed by atoms with Gasteiger partial charge in [0.1, 0.15) is 16.8 Å². The number of carbonyl (C=O) groups excluding carboxylic acids is 1. The lowest BCUT2D eigenvalue weighted by Crippen LogP contribution is -2.19. The van der Waals surface area contributed by atoms with E-state index in [1.165, 1.54) is 11.3 Å². The molecule has 0 aliphatic carbocycles. The number of hydrogen-bond acceptors (Lipinski definition) is 5. The second-order valence-electron chi connectivity index (χ2n) is 3.68. The second-order valence-corrected chi connectivity index (χ2v) is 4.60. The summed E-state index contributed by atoms with van der Waals surface area (Å²) in [6, 6.07) is 10.4. The Balaban J connectivity index is 1.89. The smallest absolute Gasteiger partial charge is 0.262 e. The number of ether oxygens (including phenoxy) is 1. The molecule has 0 spiro atoms. The number of hydrogen-bond donors (Lipinski definition) is 2. The molecular formula is C13H11N3O2S. The molecule has 96 valence electrons. The van der Waals surface area contributed by atoms with Crippen LogP contribution in [0.25, 0.3) is 0 Å². The lowest BCUT2D eigenvalue weighted by Gasteiger charge is -2.06. The van der Waals surface area contributed by atoms with E-state index in [2.05, 4.69) is 5.32 Å². The van der Waals surface area contributed by atoms with Gasteiger partial charge < -0.3 is 15.8 Å². The summed E-state index contributed by atoms with van der Waals surface area (Å²) in [7, 11) is 0. The summed E-state index contributed by atoms with van der Waals surface area (Å²) in [6.07, 6.45) is 0. The molecule has 1 aromatic heterocycles. The molecular weight excluding hydrogens is 262 g/mol. The zero-order valence-corrected chi connectivity index (χ0v) is 10.7. The molecule has 2 aromatic rings. The number of nitrogens with one attached hydrogen (secondary N) is 1. The third-order valence-corrected chi connectivity index (χ3v) is 3.12. The van der Waals surface area contributed by atoms with Crippen molar-refractivity contribution in [2.75, 3.05) is 17.7 Å². The van der Waals surface area contributed by atoms with Crippen LogP contribution in [0.3, 0.4) is 0 Å². The molecule has 0 atom stereocenters. The minimum absolute atomic E-state index is 0.118. The lowest BCUT2D eigenvalue weighted by atomic mass is 10.3. The van der Waals surface area contributed by atoms with Crippen LogP contribution in [0.15, 0.2) is 35.7 Å². The molecule has 6 heteroatoms. The monoisotopic (exact) mass is 273 g/mol. The summed E-state index contributed by atoms with van der Waals surface area (Å²) in [5.41, 5.74) is 6.62. The number of rotatable bonds is 4. The van der Waals surface area contributed by atoms with Gasteiger partial charge in [-0.2, -0.15) is 5.26 Å². The zero-order chi connectivity index (χ0) is 13.7. The molecule has 3 N–H and O–H groups in total. The number of amides is 1. The fourth-order valence-corrected chi connectivity index (χ4v) is 2.12. The molecule has 0 radical (unpaired) electrons. The van der Waals surface area contributed by atoms with Gasteiger partial charge in [0.15, 0.2) is 6.61 Å². The molecule has 1 heterocycles. The topological polar surface area (TPSA) is 88.1 Å². The van der Waals surface area contributed by atoms with Gasteiger partial charge in [0.05, 0.1) is 5.56 Å². The van der Waals surface area contributed by atoms with E-state index in [0.717, 1.165) is 0 Å². The van der Waals surface area contributed by atoms with Crippen molar-refractivity contribution in [3.05, 3.63) is 41.3 Å². The van der Waals surface area contributed by atoms with E-state index < -0.39 is 0 Å². The summed E-state index contributed by atoms with van der Waals surface area (Å²) in [4.78, 5) is 11.7. The average molecular weight is 273 g/mol. The summed E-state index contributed by atoms with van der Waals surface area (Å²) < 4.78 is 5.30. The van der Waals surface area contributed by atoms with Gasteiger partial charge in [0, 0.05) is 5.69 Å². The molecule has 0 unspecified atom stereocenters. The van der Waals surface area contributed by atoms with E-state index in [1.807, 2.05) is 6.07 Å². The average Bonchev–Trinajstić information content (AvgIpc) is 2.85. The Kier molecular flexibility index (Phi) is 4.00. The van der Waals surface area contributed by atoms with Crippen LogP contribution < -0.4 is 15.8 Å². The predicted octanol–water partition coefficient (Wildman–Crippen LogP) is 2.22. The molecule has 19 heavy (non-hydrogen) atoms.